The first-order valence-corrected chi connectivity index (χ1v) is 4.44. The van der Waals surface area contributed by atoms with E-state index in [1.165, 1.54) is 19.3 Å². The third-order valence-electron chi connectivity index (χ3n) is 2.87. The zero-order valence-electron chi connectivity index (χ0n) is 6.62. The molecular weight excluding hydrogens is 138 g/mol. The van der Waals surface area contributed by atoms with E-state index in [1.807, 2.05) is 0 Å². The quantitative estimate of drug-likeness (QED) is 0.603. The second-order valence-electron chi connectivity index (χ2n) is 3.50. The first-order valence-electron chi connectivity index (χ1n) is 4.44. The van der Waals surface area contributed by atoms with Crippen LogP contribution in [0.25, 0.3) is 0 Å². The molecule has 2 fully saturated rings. The first kappa shape index (κ1) is 7.12. The van der Waals surface area contributed by atoms with E-state index in [1.54, 1.807) is 0 Å². The molecule has 0 aromatic heterocycles. The highest BCUT2D eigenvalue weighted by Crippen LogP contribution is 2.43. The van der Waals surface area contributed by atoms with Gasteiger partial charge in [0.1, 0.15) is 0 Å². The summed E-state index contributed by atoms with van der Waals surface area (Å²) in [4.78, 5) is 0. The number of fused-ring (bicyclic) bond motifs is 1. The third kappa shape index (κ3) is 1.14. The molecular formula is C9H13NO. The van der Waals surface area contributed by atoms with Crippen LogP contribution in [0.5, 0.6) is 0 Å². The molecule has 1 aliphatic heterocycles. The minimum atomic E-state index is 0.433. The fourth-order valence-corrected chi connectivity index (χ4v) is 2.27. The maximum absolute atomic E-state index is 8.37. The van der Waals surface area contributed by atoms with Crippen molar-refractivity contribution in [2.24, 2.45) is 5.92 Å². The Labute approximate surface area is 67.2 Å². The van der Waals surface area contributed by atoms with E-state index < -0.39 is 0 Å². The maximum Gasteiger partial charge on any atom is 0.0641 e. The molecule has 0 amide bonds. The number of rotatable bonds is 2. The minimum absolute atomic E-state index is 0.433. The molecule has 11 heavy (non-hydrogen) atoms. The van der Waals surface area contributed by atoms with Crippen LogP contribution < -0.4 is 0 Å². The minimum Gasteiger partial charge on any atom is -0.374 e. The third-order valence-corrected chi connectivity index (χ3v) is 2.87. The highest BCUT2D eigenvalue weighted by Gasteiger charge is 2.44. The summed E-state index contributed by atoms with van der Waals surface area (Å²) >= 11 is 0. The average molecular weight is 151 g/mol. The second-order valence-corrected chi connectivity index (χ2v) is 3.50. The summed E-state index contributed by atoms with van der Waals surface area (Å²) in [6.07, 6.45) is 6.54. The molecule has 2 rings (SSSR count). The fourth-order valence-electron chi connectivity index (χ4n) is 2.27. The van der Waals surface area contributed by atoms with E-state index in [9.17, 15) is 0 Å². The molecule has 0 spiro atoms. The van der Waals surface area contributed by atoms with E-state index >= 15 is 0 Å². The summed E-state index contributed by atoms with van der Waals surface area (Å²) in [7, 11) is 0. The van der Waals surface area contributed by atoms with Crippen LogP contribution in [-0.4, -0.2) is 12.2 Å². The van der Waals surface area contributed by atoms with Gasteiger partial charge in [-0.3, -0.25) is 0 Å². The topological polar surface area (TPSA) is 33.0 Å². The molecule has 0 bridgehead atoms. The summed E-state index contributed by atoms with van der Waals surface area (Å²) in [5, 5.41) is 8.37. The van der Waals surface area contributed by atoms with Gasteiger partial charge in [0, 0.05) is 12.3 Å². The Morgan fingerprint density at radius 3 is 3.09 bits per heavy atom. The predicted molar refractivity (Wildman–Crippen MR) is 40.8 cm³/mol. The molecule has 3 unspecified atom stereocenters. The molecule has 0 aromatic rings. The van der Waals surface area contributed by atoms with Crippen molar-refractivity contribution in [2.75, 3.05) is 0 Å². The molecule has 1 aliphatic carbocycles. The molecule has 3 atom stereocenters. The Balaban J connectivity index is 1.78. The number of hydrogen-bond acceptors (Lipinski definition) is 2. The van der Waals surface area contributed by atoms with E-state index in [2.05, 4.69) is 6.07 Å². The van der Waals surface area contributed by atoms with E-state index in [0.29, 0.717) is 18.6 Å². The zero-order chi connectivity index (χ0) is 7.68. The Morgan fingerprint density at radius 2 is 2.36 bits per heavy atom. The van der Waals surface area contributed by atoms with Crippen LogP contribution in [0, 0.1) is 17.2 Å². The summed E-state index contributed by atoms with van der Waals surface area (Å²) in [5.74, 6) is 0.809. The van der Waals surface area contributed by atoms with Crippen molar-refractivity contribution in [2.45, 2.75) is 44.3 Å². The number of nitriles is 1. The molecule has 0 N–H and O–H groups in total. The van der Waals surface area contributed by atoms with Crippen LogP contribution >= 0.6 is 0 Å². The van der Waals surface area contributed by atoms with Crippen LogP contribution in [-0.2, 0) is 4.74 Å². The van der Waals surface area contributed by atoms with Crippen LogP contribution in [0.2, 0.25) is 0 Å². The molecule has 2 nitrogen and oxygen atoms in total. The summed E-state index contributed by atoms with van der Waals surface area (Å²) in [5.41, 5.74) is 0. The van der Waals surface area contributed by atoms with Crippen molar-refractivity contribution in [1.29, 1.82) is 5.26 Å². The van der Waals surface area contributed by atoms with Gasteiger partial charge in [0.2, 0.25) is 0 Å². The lowest BCUT2D eigenvalue weighted by Gasteiger charge is -2.40. The van der Waals surface area contributed by atoms with Gasteiger partial charge >= 0.3 is 0 Å². The van der Waals surface area contributed by atoms with Crippen molar-refractivity contribution in [1.82, 2.24) is 0 Å². The van der Waals surface area contributed by atoms with Crippen molar-refractivity contribution in [3.8, 4) is 6.07 Å². The second kappa shape index (κ2) is 2.83. The Kier molecular flexibility index (Phi) is 1.83. The molecule has 1 saturated heterocycles. The molecule has 1 heterocycles. The molecule has 2 heteroatoms. The highest BCUT2D eigenvalue weighted by molar-refractivity contribution is 4.93. The fraction of sp³-hybridized carbons (Fsp3) is 0.889. The van der Waals surface area contributed by atoms with Crippen molar-refractivity contribution in [3.63, 3.8) is 0 Å². The highest BCUT2D eigenvalue weighted by atomic mass is 16.5. The lowest BCUT2D eigenvalue weighted by Crippen LogP contribution is -2.44. The lowest BCUT2D eigenvalue weighted by atomic mass is 9.89. The molecule has 60 valence electrons. The van der Waals surface area contributed by atoms with Crippen LogP contribution in [0.4, 0.5) is 0 Å². The van der Waals surface area contributed by atoms with Gasteiger partial charge < -0.3 is 4.74 Å². The lowest BCUT2D eigenvalue weighted by molar-refractivity contribution is -0.168. The monoisotopic (exact) mass is 151 g/mol. The normalized spacial score (nSPS) is 40.8. The predicted octanol–water partition coefficient (Wildman–Crippen LogP) is 1.86. The molecule has 0 aromatic carbocycles. The molecule has 0 radical (unpaired) electrons. The molecule has 1 saturated carbocycles. The SMILES string of the molecule is N#CCCC1OC2CCCC12. The van der Waals surface area contributed by atoms with E-state index in [4.69, 9.17) is 10.00 Å². The van der Waals surface area contributed by atoms with Gasteiger partial charge in [0.25, 0.3) is 0 Å². The van der Waals surface area contributed by atoms with Gasteiger partial charge in [-0.05, 0) is 19.3 Å². The van der Waals surface area contributed by atoms with Crippen LogP contribution in [0.1, 0.15) is 32.1 Å². The average Bonchev–Trinajstić information content (AvgIpc) is 2.33. The summed E-state index contributed by atoms with van der Waals surface area (Å²) < 4.78 is 5.61. The Morgan fingerprint density at radius 1 is 1.45 bits per heavy atom. The van der Waals surface area contributed by atoms with Gasteiger partial charge in [0.05, 0.1) is 18.3 Å². The number of hydrogen-bond donors (Lipinski definition) is 0. The van der Waals surface area contributed by atoms with Gasteiger partial charge in [-0.15, -0.1) is 0 Å². The van der Waals surface area contributed by atoms with Gasteiger partial charge in [-0.2, -0.15) is 5.26 Å². The number of nitrogens with zero attached hydrogens (tertiary/aromatic N) is 1. The van der Waals surface area contributed by atoms with E-state index in [0.717, 1.165) is 12.3 Å². The van der Waals surface area contributed by atoms with Gasteiger partial charge in [-0.1, -0.05) is 6.42 Å². The number of ether oxygens (including phenoxy) is 1. The smallest absolute Gasteiger partial charge is 0.0641 e. The Hall–Kier alpha value is -0.550. The zero-order valence-corrected chi connectivity index (χ0v) is 6.62. The van der Waals surface area contributed by atoms with Gasteiger partial charge in [-0.25, -0.2) is 0 Å². The van der Waals surface area contributed by atoms with Crippen molar-refractivity contribution >= 4 is 0 Å². The standard InChI is InChI=1S/C9H13NO/c10-6-2-5-9-7-3-1-4-8(7)11-9/h7-9H,1-5H2. The van der Waals surface area contributed by atoms with E-state index in [-0.39, 0.29) is 0 Å². The molecule has 2 aliphatic rings. The van der Waals surface area contributed by atoms with Gasteiger partial charge in [0.15, 0.2) is 0 Å². The largest absolute Gasteiger partial charge is 0.374 e. The van der Waals surface area contributed by atoms with Crippen molar-refractivity contribution in [3.05, 3.63) is 0 Å². The van der Waals surface area contributed by atoms with Crippen LogP contribution in [0.15, 0.2) is 0 Å². The Bertz CT molecular complexity index is 184. The summed E-state index contributed by atoms with van der Waals surface area (Å²) in [6, 6.07) is 2.17. The van der Waals surface area contributed by atoms with Crippen molar-refractivity contribution < 1.29 is 4.74 Å². The maximum atomic E-state index is 8.37. The summed E-state index contributed by atoms with van der Waals surface area (Å²) in [6.45, 7) is 0. The first-order chi connectivity index (χ1) is 5.42. The van der Waals surface area contributed by atoms with Crippen LogP contribution in [0.3, 0.4) is 0 Å².